The smallest absolute Gasteiger partial charge is 0.205 e. The summed E-state index contributed by atoms with van der Waals surface area (Å²) in [6.45, 7) is 0. The highest BCUT2D eigenvalue weighted by Crippen LogP contribution is 2.58. The second-order valence-corrected chi connectivity index (χ2v) is 5.10. The SMILES string of the molecule is Oc1c2c(c(O)n1-c1ccccc1)[C@@H]1OC2C(O)[C@@H]1O. The summed E-state index contributed by atoms with van der Waals surface area (Å²) in [5.74, 6) is -0.329. The minimum absolute atomic E-state index is 0.165. The largest absolute Gasteiger partial charge is 0.494 e. The van der Waals surface area contributed by atoms with Gasteiger partial charge >= 0.3 is 0 Å². The Morgan fingerprint density at radius 2 is 1.35 bits per heavy atom. The number of aromatic nitrogens is 1. The molecule has 2 aliphatic rings. The van der Waals surface area contributed by atoms with E-state index in [2.05, 4.69) is 0 Å². The summed E-state index contributed by atoms with van der Waals surface area (Å²) in [6.07, 6.45) is -3.80. The minimum atomic E-state index is -1.09. The van der Waals surface area contributed by atoms with Crippen LogP contribution in [0.25, 0.3) is 5.69 Å². The maximum absolute atomic E-state index is 10.3. The molecular formula is C14H13NO5. The summed E-state index contributed by atoms with van der Waals surface area (Å²) in [5, 5.41) is 40.4. The average molecular weight is 275 g/mol. The number of aliphatic hydroxyl groups is 2. The highest BCUT2D eigenvalue weighted by molar-refractivity contribution is 5.58. The van der Waals surface area contributed by atoms with Crippen molar-refractivity contribution in [2.24, 2.45) is 0 Å². The van der Waals surface area contributed by atoms with Crippen molar-refractivity contribution in [1.29, 1.82) is 0 Å². The van der Waals surface area contributed by atoms with E-state index in [0.717, 1.165) is 0 Å². The number of rotatable bonds is 1. The molecule has 2 aliphatic heterocycles. The third-order valence-corrected chi connectivity index (χ3v) is 4.04. The summed E-state index contributed by atoms with van der Waals surface area (Å²) in [5.41, 5.74) is 1.31. The zero-order chi connectivity index (χ0) is 14.0. The van der Waals surface area contributed by atoms with Gasteiger partial charge < -0.3 is 25.2 Å². The Morgan fingerprint density at radius 3 is 1.85 bits per heavy atom. The predicted molar refractivity (Wildman–Crippen MR) is 67.7 cm³/mol. The Bertz CT molecular complexity index is 643. The van der Waals surface area contributed by atoms with Crippen molar-refractivity contribution >= 4 is 0 Å². The van der Waals surface area contributed by atoms with E-state index in [-0.39, 0.29) is 11.8 Å². The number of aromatic hydroxyl groups is 2. The molecule has 6 heteroatoms. The molecule has 1 fully saturated rings. The number of aliphatic hydroxyl groups excluding tert-OH is 2. The van der Waals surface area contributed by atoms with Crippen LogP contribution in [0.4, 0.5) is 0 Å². The van der Waals surface area contributed by atoms with Crippen LogP contribution in [0.15, 0.2) is 30.3 Å². The van der Waals surface area contributed by atoms with E-state index in [1.165, 1.54) is 4.57 Å². The Kier molecular flexibility index (Phi) is 2.21. The van der Waals surface area contributed by atoms with Crippen molar-refractivity contribution in [2.45, 2.75) is 24.4 Å². The number of hydrogen-bond acceptors (Lipinski definition) is 5. The van der Waals surface area contributed by atoms with E-state index < -0.39 is 24.4 Å². The molecule has 0 radical (unpaired) electrons. The van der Waals surface area contributed by atoms with Crippen LogP contribution < -0.4 is 0 Å². The van der Waals surface area contributed by atoms with E-state index >= 15 is 0 Å². The fourth-order valence-corrected chi connectivity index (χ4v) is 3.12. The van der Waals surface area contributed by atoms with Crippen LogP contribution in [0.2, 0.25) is 0 Å². The summed E-state index contributed by atoms with van der Waals surface area (Å²) in [7, 11) is 0. The number of fused-ring (bicyclic) bond motifs is 5. The van der Waals surface area contributed by atoms with Gasteiger partial charge in [-0.05, 0) is 12.1 Å². The van der Waals surface area contributed by atoms with Crippen LogP contribution in [0, 0.1) is 0 Å². The molecule has 0 saturated carbocycles. The van der Waals surface area contributed by atoms with Crippen LogP contribution in [0.1, 0.15) is 23.3 Å². The monoisotopic (exact) mass is 275 g/mol. The molecule has 0 aliphatic carbocycles. The van der Waals surface area contributed by atoms with Gasteiger partial charge in [0, 0.05) is 0 Å². The molecule has 1 aromatic carbocycles. The summed E-state index contributed by atoms with van der Waals surface area (Å²) in [6, 6.07) is 8.88. The summed E-state index contributed by atoms with van der Waals surface area (Å²) >= 11 is 0. The van der Waals surface area contributed by atoms with Crippen LogP contribution in [-0.4, -0.2) is 37.2 Å². The van der Waals surface area contributed by atoms with Crippen molar-refractivity contribution in [3.63, 3.8) is 0 Å². The van der Waals surface area contributed by atoms with Gasteiger partial charge in [-0.25, -0.2) is 0 Å². The lowest BCUT2D eigenvalue weighted by Gasteiger charge is -2.18. The average Bonchev–Trinajstić information content (AvgIpc) is 3.05. The van der Waals surface area contributed by atoms with Gasteiger partial charge in [-0.2, -0.15) is 0 Å². The Balaban J connectivity index is 1.95. The fourth-order valence-electron chi connectivity index (χ4n) is 3.12. The second kappa shape index (κ2) is 3.76. The third-order valence-electron chi connectivity index (χ3n) is 4.04. The van der Waals surface area contributed by atoms with Crippen molar-refractivity contribution in [2.75, 3.05) is 0 Å². The van der Waals surface area contributed by atoms with Gasteiger partial charge in [-0.3, -0.25) is 4.57 Å². The molecule has 6 nitrogen and oxygen atoms in total. The Labute approximate surface area is 114 Å². The zero-order valence-corrected chi connectivity index (χ0v) is 10.3. The van der Waals surface area contributed by atoms with Crippen molar-refractivity contribution in [1.82, 2.24) is 4.57 Å². The van der Waals surface area contributed by atoms with Gasteiger partial charge in [0.2, 0.25) is 11.8 Å². The van der Waals surface area contributed by atoms with Gasteiger partial charge in [0.15, 0.2) is 0 Å². The van der Waals surface area contributed by atoms with Crippen LogP contribution >= 0.6 is 0 Å². The van der Waals surface area contributed by atoms with Crippen LogP contribution in [0.5, 0.6) is 11.8 Å². The van der Waals surface area contributed by atoms with Gasteiger partial charge in [-0.15, -0.1) is 0 Å². The molecule has 1 saturated heterocycles. The molecule has 104 valence electrons. The third kappa shape index (κ3) is 1.23. The van der Waals surface area contributed by atoms with Crippen molar-refractivity contribution in [3.8, 4) is 17.4 Å². The maximum atomic E-state index is 10.3. The van der Waals surface area contributed by atoms with E-state index in [0.29, 0.717) is 16.8 Å². The molecule has 2 unspecified atom stereocenters. The number of benzene rings is 1. The molecule has 4 rings (SSSR count). The molecule has 2 bridgehead atoms. The first-order valence-corrected chi connectivity index (χ1v) is 6.34. The first-order valence-electron chi connectivity index (χ1n) is 6.34. The normalized spacial score (nSPS) is 30.7. The second-order valence-electron chi connectivity index (χ2n) is 5.10. The van der Waals surface area contributed by atoms with E-state index in [1.807, 2.05) is 6.07 Å². The van der Waals surface area contributed by atoms with E-state index in [1.54, 1.807) is 24.3 Å². The highest BCUT2D eigenvalue weighted by Gasteiger charge is 2.56. The molecule has 4 N–H and O–H groups in total. The van der Waals surface area contributed by atoms with Gasteiger partial charge in [0.05, 0.1) is 16.8 Å². The molecule has 20 heavy (non-hydrogen) atoms. The zero-order valence-electron chi connectivity index (χ0n) is 10.3. The molecule has 4 atom stereocenters. The molecule has 0 amide bonds. The molecule has 1 aromatic heterocycles. The maximum Gasteiger partial charge on any atom is 0.205 e. The number of nitrogens with zero attached hydrogens (tertiary/aromatic N) is 1. The number of para-hydroxylation sites is 1. The van der Waals surface area contributed by atoms with Crippen LogP contribution in [0.3, 0.4) is 0 Å². The molecule has 2 aromatic rings. The molecule has 3 heterocycles. The molecule has 0 spiro atoms. The van der Waals surface area contributed by atoms with Gasteiger partial charge in [0.25, 0.3) is 0 Å². The van der Waals surface area contributed by atoms with E-state index in [4.69, 9.17) is 4.74 Å². The number of hydrogen-bond donors (Lipinski definition) is 4. The fraction of sp³-hybridized carbons (Fsp3) is 0.286. The minimum Gasteiger partial charge on any atom is -0.494 e. The lowest BCUT2D eigenvalue weighted by molar-refractivity contribution is 0.0211. The predicted octanol–water partition coefficient (Wildman–Crippen LogP) is 0.736. The lowest BCUT2D eigenvalue weighted by Crippen LogP contribution is -2.30. The Morgan fingerprint density at radius 1 is 0.850 bits per heavy atom. The Hall–Kier alpha value is -2.02. The standard InChI is InChI=1S/C14H13NO5/c16-9-10(17)12-8-7(11(9)20-12)13(18)15(14(8)19)6-4-2-1-3-5-6/h1-5,9-12,16-19H/t9-,10?,11-,12?/m0/s1. The number of ether oxygens (including phenoxy) is 1. The van der Waals surface area contributed by atoms with Crippen LogP contribution in [-0.2, 0) is 4.74 Å². The van der Waals surface area contributed by atoms with Crippen molar-refractivity contribution < 1.29 is 25.2 Å². The first-order chi connectivity index (χ1) is 9.61. The lowest BCUT2D eigenvalue weighted by atomic mass is 9.90. The summed E-state index contributed by atoms with van der Waals surface area (Å²) < 4.78 is 6.72. The first kappa shape index (κ1) is 11.8. The van der Waals surface area contributed by atoms with E-state index in [9.17, 15) is 20.4 Å². The summed E-state index contributed by atoms with van der Waals surface area (Å²) in [4.78, 5) is 0. The highest BCUT2D eigenvalue weighted by atomic mass is 16.5. The topological polar surface area (TPSA) is 95.1 Å². The van der Waals surface area contributed by atoms with Gasteiger partial charge in [-0.1, -0.05) is 18.2 Å². The molecular weight excluding hydrogens is 262 g/mol. The quantitative estimate of drug-likeness (QED) is 0.615. The van der Waals surface area contributed by atoms with Crippen molar-refractivity contribution in [3.05, 3.63) is 41.5 Å². The van der Waals surface area contributed by atoms with Gasteiger partial charge in [0.1, 0.15) is 24.4 Å².